The van der Waals surface area contributed by atoms with E-state index >= 15 is 8.78 Å². The highest BCUT2D eigenvalue weighted by Crippen LogP contribution is 2.73. The summed E-state index contributed by atoms with van der Waals surface area (Å²) in [5.41, 5.74) is -4.81. The van der Waals surface area contributed by atoms with Crippen LogP contribution in [0.4, 0.5) is 23.7 Å². The molecule has 16 atom stereocenters. The minimum atomic E-state index is -6.05. The Morgan fingerprint density at radius 2 is 1.67 bits per heavy atom. The summed E-state index contributed by atoms with van der Waals surface area (Å²) in [6.07, 6.45) is -0.486. The number of amides is 4. The van der Waals surface area contributed by atoms with Crippen LogP contribution in [0.15, 0.2) is 48.1 Å². The van der Waals surface area contributed by atoms with Crippen molar-refractivity contribution >= 4 is 67.8 Å². The summed E-state index contributed by atoms with van der Waals surface area (Å²) in [6, 6.07) is 0.321. The molecule has 4 aliphatic rings. The van der Waals surface area contributed by atoms with Crippen LogP contribution in [0.5, 0.6) is 0 Å². The fourth-order valence-corrected chi connectivity index (χ4v) is 14.8. The van der Waals surface area contributed by atoms with Gasteiger partial charge in [-0.3, -0.25) is 33.0 Å². The second kappa shape index (κ2) is 28.5. The number of aliphatic hydroxyl groups is 3. The highest BCUT2D eigenvalue weighted by Gasteiger charge is 2.80. The number of thioether (sulfide) groups is 1. The summed E-state index contributed by atoms with van der Waals surface area (Å²) < 4.78 is 103. The van der Waals surface area contributed by atoms with Crippen LogP contribution in [0, 0.1) is 40.9 Å². The molecule has 0 spiro atoms. The van der Waals surface area contributed by atoms with Crippen molar-refractivity contribution in [3.05, 3.63) is 53.6 Å². The molecule has 0 radical (unpaired) electrons. The van der Waals surface area contributed by atoms with Crippen LogP contribution in [0.3, 0.4) is 0 Å². The van der Waals surface area contributed by atoms with Crippen molar-refractivity contribution in [3.63, 3.8) is 0 Å². The number of nitrogens with two attached hydrogens (primary N) is 1. The number of anilines is 1. The average Bonchev–Trinajstić information content (AvgIpc) is 1.49. The molecule has 4 amide bonds. The van der Waals surface area contributed by atoms with E-state index < -0.39 is 165 Å². The standard InChI is InChI=1S/C53H76F3N5O18P2S/c1-8-10-11-12-13-14-31(5)75-28-42(65)60-44(30(3)4)46(67)61-45(39(63)20-22-58-49(57)70)47(68)59-33-17-15-32(16-18-33)27-76-80(71,72)79-81(73,74)78-41-26-51(7)35(25-40(64)53(51,48(69)82-29-54)77-43(66)9-2)36-24-38(55)37-23-34(62)19-21-50(37,6)52(36,41)56/h1,15-19,21,23,30-31,35-36,38-41,44-45,47,59,63-64,68H,9-14,20,22,24-29H2,2-7H3,(H,60,65)(H,61,67)(H,71,72)(H,73,74)(H3,57,58,70)/t31?,35-,36-,38-,39+,40+,41-,44-,45-,47?,50-,51-,52-,53-/m0/s1. The summed E-state index contributed by atoms with van der Waals surface area (Å²) in [6.45, 7) is 7.63. The molecule has 5 rings (SSSR count). The molecule has 0 heterocycles. The number of terminal acetylenes is 1. The first-order chi connectivity index (χ1) is 38.3. The molecular weight excluding hydrogens is 1150 g/mol. The van der Waals surface area contributed by atoms with Crippen LogP contribution >= 0.6 is 27.4 Å². The number of aliphatic hydroxyl groups excluding tert-OH is 3. The van der Waals surface area contributed by atoms with Gasteiger partial charge in [0.2, 0.25) is 22.5 Å². The molecule has 4 unspecified atom stereocenters. The first-order valence-electron chi connectivity index (χ1n) is 26.9. The van der Waals surface area contributed by atoms with E-state index in [0.29, 0.717) is 12.8 Å². The third-order valence-corrected chi connectivity index (χ3v) is 19.3. The molecule has 0 aromatic heterocycles. The molecule has 11 N–H and O–H groups in total. The number of nitrogens with one attached hydrogen (secondary N) is 4. The molecule has 29 heteroatoms. The number of hydrogen-bond donors (Lipinski definition) is 10. The number of phosphoric ester groups is 2. The number of benzene rings is 1. The van der Waals surface area contributed by atoms with Crippen molar-refractivity contribution in [2.45, 2.75) is 173 Å². The molecule has 1 aromatic rings. The van der Waals surface area contributed by atoms with Crippen LogP contribution in [-0.4, -0.2) is 139 Å². The molecular formula is C53H76F3N5O18P2S. The summed E-state index contributed by atoms with van der Waals surface area (Å²) in [7, 11) is -11.8. The SMILES string of the molecule is C#CCCCCCC(C)OCC(=O)N[C@H](C(=O)N[C@H](C(O)Nc1ccc(COP(=O)(O)OP(=O)(O)O[C@H]2C[C@@]3(C)[C@@H](C[C@@H](O)[C@]3(OC(=O)CC)C(=O)SCF)[C@@H]3C[C@H](F)C4=CC(=O)C=C[C@]4(C)[C@@]23F)cc1)[C@H](O)CCNC(N)=O)C(C)C. The molecule has 1 aromatic carbocycles. The van der Waals surface area contributed by atoms with Gasteiger partial charge in [0.1, 0.15) is 43.3 Å². The molecule has 4 aliphatic carbocycles. The Morgan fingerprint density at radius 3 is 2.29 bits per heavy atom. The zero-order valence-electron chi connectivity index (χ0n) is 46.4. The Kier molecular flexibility index (Phi) is 23.6. The van der Waals surface area contributed by atoms with Crippen molar-refractivity contribution in [2.24, 2.45) is 34.3 Å². The lowest BCUT2D eigenvalue weighted by atomic mass is 9.44. The van der Waals surface area contributed by atoms with E-state index in [2.05, 4.69) is 31.5 Å². The van der Waals surface area contributed by atoms with Crippen LogP contribution in [0.2, 0.25) is 0 Å². The van der Waals surface area contributed by atoms with Gasteiger partial charge >= 0.3 is 27.6 Å². The fourth-order valence-electron chi connectivity index (χ4n) is 11.8. The summed E-state index contributed by atoms with van der Waals surface area (Å²) in [5, 5.41) is 43.3. The topological polar surface area (TPSA) is 358 Å². The van der Waals surface area contributed by atoms with Crippen molar-refractivity contribution in [1.82, 2.24) is 16.0 Å². The Labute approximate surface area is 478 Å². The van der Waals surface area contributed by atoms with E-state index in [-0.39, 0.29) is 60.7 Å². The van der Waals surface area contributed by atoms with Crippen LogP contribution in [-0.2, 0) is 62.5 Å². The maximum Gasteiger partial charge on any atom is 0.481 e. The lowest BCUT2D eigenvalue weighted by Gasteiger charge is -2.63. The first kappa shape index (κ1) is 68.1. The van der Waals surface area contributed by atoms with E-state index in [9.17, 15) is 67.4 Å². The number of primary amides is 1. The van der Waals surface area contributed by atoms with Gasteiger partial charge in [-0.05, 0) is 111 Å². The van der Waals surface area contributed by atoms with Crippen molar-refractivity contribution in [3.8, 4) is 12.3 Å². The predicted octanol–water partition coefficient (Wildman–Crippen LogP) is 5.38. The largest absolute Gasteiger partial charge is 0.481 e. The Morgan fingerprint density at radius 1 is 0.988 bits per heavy atom. The number of allylic oxidation sites excluding steroid dienone is 4. The molecule has 23 nitrogen and oxygen atoms in total. The maximum absolute atomic E-state index is 18.8. The van der Waals surface area contributed by atoms with E-state index in [1.807, 2.05) is 6.92 Å². The third kappa shape index (κ3) is 15.6. The molecule has 3 fully saturated rings. The average molecular weight is 1220 g/mol. The first-order valence-corrected chi connectivity index (χ1v) is 30.8. The number of ether oxygens (including phenoxy) is 2. The number of fused-ring (bicyclic) bond motifs is 5. The van der Waals surface area contributed by atoms with Gasteiger partial charge in [0.05, 0.1) is 24.9 Å². The van der Waals surface area contributed by atoms with Gasteiger partial charge in [-0.25, -0.2) is 27.1 Å². The van der Waals surface area contributed by atoms with Crippen LogP contribution in [0.1, 0.15) is 111 Å². The summed E-state index contributed by atoms with van der Waals surface area (Å²) in [4.78, 5) is 99.7. The van der Waals surface area contributed by atoms with Crippen LogP contribution < -0.4 is 27.0 Å². The molecule has 0 aliphatic heterocycles. The van der Waals surface area contributed by atoms with Gasteiger partial charge in [-0.15, -0.1) is 12.3 Å². The van der Waals surface area contributed by atoms with Crippen molar-refractivity contribution < 1.29 is 99.0 Å². The van der Waals surface area contributed by atoms with Gasteiger partial charge < -0.3 is 61.6 Å². The number of phosphoric acid groups is 2. The van der Waals surface area contributed by atoms with Gasteiger partial charge in [-0.1, -0.05) is 58.7 Å². The number of urea groups is 1. The summed E-state index contributed by atoms with van der Waals surface area (Å²) in [5.74, 6) is -3.98. The minimum absolute atomic E-state index is 0.0349. The van der Waals surface area contributed by atoms with Gasteiger partial charge in [0, 0.05) is 41.8 Å². The lowest BCUT2D eigenvalue weighted by molar-refractivity contribution is -0.228. The predicted molar refractivity (Wildman–Crippen MR) is 292 cm³/mol. The maximum atomic E-state index is 18.8. The number of hydrogen-bond acceptors (Lipinski definition) is 18. The number of carbonyl (C=O) groups is 6. The normalized spacial score (nSPS) is 29.8. The van der Waals surface area contributed by atoms with Crippen molar-refractivity contribution in [2.75, 3.05) is 24.5 Å². The quantitative estimate of drug-likeness (QED) is 0.0152. The van der Waals surface area contributed by atoms with E-state index in [1.54, 1.807) is 13.8 Å². The van der Waals surface area contributed by atoms with E-state index in [1.165, 1.54) is 45.0 Å². The Hall–Kier alpha value is -4.68. The number of unbranched alkanes of at least 4 members (excludes halogenated alkanes) is 3. The summed E-state index contributed by atoms with van der Waals surface area (Å²) >= 11 is 0.0349. The number of alkyl halides is 3. The fraction of sp³-hybridized carbons (Fsp3) is 0.660. The second-order valence-corrected chi connectivity index (χ2v) is 25.6. The van der Waals surface area contributed by atoms with Gasteiger partial charge in [-0.2, -0.15) is 4.31 Å². The highest BCUT2D eigenvalue weighted by molar-refractivity contribution is 8.13. The molecule has 3 saturated carbocycles. The Bertz CT molecular complexity index is 2690. The number of esters is 1. The second-order valence-electron chi connectivity index (χ2n) is 21.8. The Balaban J connectivity index is 1.31. The molecule has 0 bridgehead atoms. The number of halogens is 3. The number of rotatable bonds is 30. The number of carbonyl (C=O) groups excluding carboxylic acids is 6. The van der Waals surface area contributed by atoms with Crippen molar-refractivity contribution in [1.29, 1.82) is 0 Å². The zero-order chi connectivity index (χ0) is 61.2. The van der Waals surface area contributed by atoms with Gasteiger partial charge in [0.25, 0.3) is 0 Å². The van der Waals surface area contributed by atoms with E-state index in [0.717, 1.165) is 37.5 Å². The smallest absolute Gasteiger partial charge is 0.447 e. The monoisotopic (exact) mass is 1220 g/mol. The van der Waals surface area contributed by atoms with E-state index in [4.69, 9.17) is 30.7 Å². The van der Waals surface area contributed by atoms with Gasteiger partial charge in [0.15, 0.2) is 11.5 Å². The number of ketones is 1. The molecule has 82 heavy (non-hydrogen) atoms. The molecule has 458 valence electrons. The highest BCUT2D eigenvalue weighted by atomic mass is 32.2. The lowest BCUT2D eigenvalue weighted by Crippen LogP contribution is -2.71. The minimum Gasteiger partial charge on any atom is -0.447 e. The zero-order valence-corrected chi connectivity index (χ0v) is 49.0. The molecule has 0 saturated heterocycles. The third-order valence-electron chi connectivity index (χ3n) is 16.0. The van der Waals surface area contributed by atoms with Crippen LogP contribution in [0.25, 0.3) is 0 Å².